The smallest absolute Gasteiger partial charge is 0.290 e. The second-order valence-electron chi connectivity index (χ2n) is 6.90. The van der Waals surface area contributed by atoms with Crippen LogP contribution in [-0.2, 0) is 9.59 Å². The summed E-state index contributed by atoms with van der Waals surface area (Å²) in [5.41, 5.74) is 0.491. The number of nitrogens with one attached hydrogen (secondary N) is 1. The first-order valence-corrected chi connectivity index (χ1v) is 8.69. The minimum Gasteiger partial charge on any atom is -0.483 e. The van der Waals surface area contributed by atoms with Crippen molar-refractivity contribution in [2.45, 2.75) is 45.4 Å². The van der Waals surface area contributed by atoms with Gasteiger partial charge in [0.05, 0.1) is 6.54 Å². The fourth-order valence-electron chi connectivity index (χ4n) is 3.44. The number of rotatable bonds is 4. The van der Waals surface area contributed by atoms with Crippen LogP contribution in [0.1, 0.15) is 45.4 Å². The second kappa shape index (κ2) is 8.35. The van der Waals surface area contributed by atoms with Crippen LogP contribution in [0.3, 0.4) is 0 Å². The predicted molar refractivity (Wildman–Crippen MR) is 88.7 cm³/mol. The Morgan fingerprint density at radius 1 is 1.35 bits per heavy atom. The maximum absolute atomic E-state index is 12.0. The van der Waals surface area contributed by atoms with Crippen LogP contribution in [0.15, 0.2) is 0 Å². The lowest BCUT2D eigenvalue weighted by Crippen LogP contribution is -2.39. The average Bonchev–Trinajstić information content (AvgIpc) is 3.47. The van der Waals surface area contributed by atoms with E-state index in [9.17, 15) is 4.79 Å². The number of hydrogen-bond donors (Lipinski definition) is 2. The minimum atomic E-state index is -0.250. The van der Waals surface area contributed by atoms with Crippen molar-refractivity contribution in [1.82, 2.24) is 10.2 Å². The van der Waals surface area contributed by atoms with Gasteiger partial charge in [0, 0.05) is 18.9 Å². The summed E-state index contributed by atoms with van der Waals surface area (Å²) in [6.45, 7) is 5.91. The Morgan fingerprint density at radius 2 is 2.00 bits per heavy atom. The third-order valence-electron chi connectivity index (χ3n) is 5.28. The molecule has 5 heteroatoms. The molecule has 3 aliphatic rings. The van der Waals surface area contributed by atoms with Crippen molar-refractivity contribution in [2.24, 2.45) is 17.3 Å². The van der Waals surface area contributed by atoms with Gasteiger partial charge in [0.2, 0.25) is 5.91 Å². The molecule has 3 rings (SSSR count). The van der Waals surface area contributed by atoms with Crippen molar-refractivity contribution in [3.8, 4) is 11.8 Å². The van der Waals surface area contributed by atoms with Gasteiger partial charge in [-0.15, -0.1) is 5.92 Å². The summed E-state index contributed by atoms with van der Waals surface area (Å²) in [7, 11) is 0. The molecule has 1 saturated heterocycles. The Bertz CT molecular complexity index is 468. The molecule has 23 heavy (non-hydrogen) atoms. The van der Waals surface area contributed by atoms with E-state index in [2.05, 4.69) is 29.0 Å². The quantitative estimate of drug-likeness (QED) is 0.611. The molecule has 2 saturated carbocycles. The molecule has 1 aliphatic heterocycles. The molecule has 0 bridgehead atoms. The van der Waals surface area contributed by atoms with Gasteiger partial charge in [-0.25, -0.2) is 0 Å². The van der Waals surface area contributed by atoms with Crippen LogP contribution in [0.4, 0.5) is 0 Å². The topological polar surface area (TPSA) is 69.6 Å². The largest absolute Gasteiger partial charge is 0.483 e. The monoisotopic (exact) mass is 320 g/mol. The van der Waals surface area contributed by atoms with E-state index < -0.39 is 0 Å². The van der Waals surface area contributed by atoms with Crippen molar-refractivity contribution in [3.05, 3.63) is 0 Å². The zero-order valence-electron chi connectivity index (χ0n) is 14.0. The average molecular weight is 320 g/mol. The van der Waals surface area contributed by atoms with Gasteiger partial charge < -0.3 is 10.4 Å². The minimum absolute atomic E-state index is 0.250. The molecule has 0 aromatic rings. The third kappa shape index (κ3) is 5.24. The van der Waals surface area contributed by atoms with E-state index in [4.69, 9.17) is 9.90 Å². The molecular formula is C18H28N2O3. The highest BCUT2D eigenvalue weighted by atomic mass is 16.3. The van der Waals surface area contributed by atoms with Crippen LogP contribution in [0.2, 0.25) is 0 Å². The maximum Gasteiger partial charge on any atom is 0.290 e. The molecule has 2 aliphatic carbocycles. The Hall–Kier alpha value is -1.54. The highest BCUT2D eigenvalue weighted by molar-refractivity contribution is 5.83. The number of nitrogens with zero attached hydrogens (tertiary/aromatic N) is 1. The number of amides is 1. The van der Waals surface area contributed by atoms with Gasteiger partial charge in [0.25, 0.3) is 6.47 Å². The van der Waals surface area contributed by atoms with Crippen molar-refractivity contribution in [2.75, 3.05) is 26.2 Å². The first-order chi connectivity index (χ1) is 11.1. The van der Waals surface area contributed by atoms with Crippen LogP contribution in [-0.4, -0.2) is 48.6 Å². The summed E-state index contributed by atoms with van der Waals surface area (Å²) in [5.74, 6) is 7.72. The molecule has 0 aromatic heterocycles. The fourth-order valence-corrected chi connectivity index (χ4v) is 3.44. The predicted octanol–water partition coefficient (Wildman–Crippen LogP) is 1.73. The molecular weight excluding hydrogens is 292 g/mol. The van der Waals surface area contributed by atoms with E-state index in [1.54, 1.807) is 0 Å². The Labute approximate surface area is 138 Å². The zero-order valence-corrected chi connectivity index (χ0v) is 14.0. The molecule has 1 heterocycles. The van der Waals surface area contributed by atoms with Crippen molar-refractivity contribution >= 4 is 12.4 Å². The summed E-state index contributed by atoms with van der Waals surface area (Å²) in [4.78, 5) is 22.8. The SMILES string of the molecule is CCC#CCN1CCC(CNC(=O)C2CC23CC3)CC1.O=CO. The van der Waals surface area contributed by atoms with Crippen LogP contribution in [0, 0.1) is 29.1 Å². The first kappa shape index (κ1) is 17.8. The van der Waals surface area contributed by atoms with Gasteiger partial charge in [-0.1, -0.05) is 12.8 Å². The molecule has 128 valence electrons. The van der Waals surface area contributed by atoms with Crippen LogP contribution in [0.5, 0.6) is 0 Å². The maximum atomic E-state index is 12.0. The Kier molecular flexibility index (Phi) is 6.47. The lowest BCUT2D eigenvalue weighted by Gasteiger charge is -2.30. The summed E-state index contributed by atoms with van der Waals surface area (Å²) in [5, 5.41) is 10.1. The number of carboxylic acid groups (broad SMARTS) is 1. The number of carbonyl (C=O) groups is 2. The van der Waals surface area contributed by atoms with Crippen molar-refractivity contribution in [1.29, 1.82) is 0 Å². The van der Waals surface area contributed by atoms with E-state index in [1.165, 1.54) is 25.7 Å². The molecule has 1 amide bonds. The van der Waals surface area contributed by atoms with Gasteiger partial charge >= 0.3 is 0 Å². The lowest BCUT2D eigenvalue weighted by molar-refractivity contribution is -0.123. The summed E-state index contributed by atoms with van der Waals surface area (Å²) in [6, 6.07) is 0. The Balaban J connectivity index is 0.000000595. The van der Waals surface area contributed by atoms with Crippen LogP contribution < -0.4 is 5.32 Å². The highest BCUT2D eigenvalue weighted by Crippen LogP contribution is 2.70. The van der Waals surface area contributed by atoms with Gasteiger partial charge in [0.1, 0.15) is 0 Å². The van der Waals surface area contributed by atoms with E-state index in [0.717, 1.165) is 39.0 Å². The fraction of sp³-hybridized carbons (Fsp3) is 0.778. The Morgan fingerprint density at radius 3 is 2.52 bits per heavy atom. The first-order valence-electron chi connectivity index (χ1n) is 8.69. The molecule has 5 nitrogen and oxygen atoms in total. The number of carbonyl (C=O) groups excluding carboxylic acids is 1. The lowest BCUT2D eigenvalue weighted by atomic mass is 9.96. The molecule has 2 N–H and O–H groups in total. The summed E-state index contributed by atoms with van der Waals surface area (Å²) < 4.78 is 0. The standard InChI is InChI=1S/C17H26N2O.CH2O2/c1-2-3-4-9-19-10-5-14(6-11-19)13-18-16(20)15-12-17(15)7-8-17;2-1-3/h14-15H,2,5-13H2,1H3,(H,18,20);1H,(H,2,3). The van der Waals surface area contributed by atoms with Gasteiger partial charge in [-0.2, -0.15) is 0 Å². The van der Waals surface area contributed by atoms with Crippen LogP contribution >= 0.6 is 0 Å². The molecule has 1 spiro atoms. The molecule has 1 atom stereocenters. The van der Waals surface area contributed by atoms with Crippen LogP contribution in [0.25, 0.3) is 0 Å². The van der Waals surface area contributed by atoms with E-state index in [1.807, 2.05) is 0 Å². The van der Waals surface area contributed by atoms with E-state index >= 15 is 0 Å². The number of likely N-dealkylation sites (tertiary alicyclic amines) is 1. The van der Waals surface area contributed by atoms with E-state index in [0.29, 0.717) is 23.2 Å². The highest BCUT2D eigenvalue weighted by Gasteiger charge is 2.65. The third-order valence-corrected chi connectivity index (χ3v) is 5.28. The van der Waals surface area contributed by atoms with Gasteiger partial charge in [-0.3, -0.25) is 14.5 Å². The van der Waals surface area contributed by atoms with Crippen molar-refractivity contribution < 1.29 is 14.7 Å². The normalized spacial score (nSPS) is 24.7. The number of piperidine rings is 1. The number of hydrogen-bond acceptors (Lipinski definition) is 3. The van der Waals surface area contributed by atoms with Gasteiger partial charge in [-0.05, 0) is 56.5 Å². The van der Waals surface area contributed by atoms with Crippen molar-refractivity contribution in [3.63, 3.8) is 0 Å². The zero-order chi connectivity index (χ0) is 16.7. The summed E-state index contributed by atoms with van der Waals surface area (Å²) in [6.07, 6.45) is 7.09. The van der Waals surface area contributed by atoms with Gasteiger partial charge in [0.15, 0.2) is 0 Å². The van der Waals surface area contributed by atoms with E-state index in [-0.39, 0.29) is 6.47 Å². The molecule has 1 unspecified atom stereocenters. The summed E-state index contributed by atoms with van der Waals surface area (Å²) >= 11 is 0. The molecule has 0 radical (unpaired) electrons. The molecule has 3 fully saturated rings. The second-order valence-corrected chi connectivity index (χ2v) is 6.90. The molecule has 0 aromatic carbocycles.